The molecule has 0 fully saturated rings. The second kappa shape index (κ2) is 4.09. The van der Waals surface area contributed by atoms with Crippen molar-refractivity contribution in [1.82, 2.24) is 4.98 Å². The summed E-state index contributed by atoms with van der Waals surface area (Å²) in [5.41, 5.74) is 1.32. The molecule has 2 aromatic rings. The average Bonchev–Trinajstić information content (AvgIpc) is 2.30. The summed E-state index contributed by atoms with van der Waals surface area (Å²) < 4.78 is 18.7. The van der Waals surface area contributed by atoms with Gasteiger partial charge in [0.05, 0.1) is 7.11 Å². The number of ether oxygens (including phenoxy) is 1. The minimum Gasteiger partial charge on any atom is -0.494 e. The summed E-state index contributed by atoms with van der Waals surface area (Å²) in [6.07, 6.45) is 3.27. The number of hydrogen-bond donors (Lipinski definition) is 0. The molecular weight excluding hydrogens is 193 g/mol. The highest BCUT2D eigenvalue weighted by molar-refractivity contribution is 5.65. The average molecular weight is 203 g/mol. The Bertz CT molecular complexity index is 456. The predicted molar refractivity (Wildman–Crippen MR) is 56.2 cm³/mol. The predicted octanol–water partition coefficient (Wildman–Crippen LogP) is 2.90. The number of aromatic nitrogens is 1. The molecule has 76 valence electrons. The fraction of sp³-hybridized carbons (Fsp3) is 0.0833. The fourth-order valence-corrected chi connectivity index (χ4v) is 1.42. The van der Waals surface area contributed by atoms with Crippen LogP contribution >= 0.6 is 0 Å². The van der Waals surface area contributed by atoms with E-state index < -0.39 is 0 Å². The van der Waals surface area contributed by atoms with Gasteiger partial charge in [0.25, 0.3) is 0 Å². The molecule has 0 N–H and O–H groups in total. The normalized spacial score (nSPS) is 10.0. The lowest BCUT2D eigenvalue weighted by Gasteiger charge is -2.06. The maximum atomic E-state index is 13.8. The van der Waals surface area contributed by atoms with E-state index in [4.69, 9.17) is 4.74 Å². The highest BCUT2D eigenvalue weighted by atomic mass is 19.1. The summed E-state index contributed by atoms with van der Waals surface area (Å²) in [6, 6.07) is 8.60. The molecule has 0 unspecified atom stereocenters. The zero-order valence-corrected chi connectivity index (χ0v) is 8.27. The van der Waals surface area contributed by atoms with Crippen LogP contribution in [0.25, 0.3) is 11.1 Å². The van der Waals surface area contributed by atoms with Crippen molar-refractivity contribution < 1.29 is 9.13 Å². The molecular formula is C12H10FNO. The van der Waals surface area contributed by atoms with Crippen LogP contribution in [0.3, 0.4) is 0 Å². The molecule has 0 saturated carbocycles. The van der Waals surface area contributed by atoms with E-state index in [1.54, 1.807) is 42.7 Å². The van der Waals surface area contributed by atoms with E-state index in [0.717, 1.165) is 5.56 Å². The first kappa shape index (κ1) is 9.65. The molecule has 0 amide bonds. The molecule has 1 heterocycles. The smallest absolute Gasteiger partial charge is 0.172 e. The van der Waals surface area contributed by atoms with Gasteiger partial charge in [0.2, 0.25) is 0 Å². The molecule has 1 aromatic heterocycles. The van der Waals surface area contributed by atoms with Gasteiger partial charge >= 0.3 is 0 Å². The fourth-order valence-electron chi connectivity index (χ4n) is 1.42. The van der Waals surface area contributed by atoms with E-state index in [9.17, 15) is 4.39 Å². The number of pyridine rings is 1. The Kier molecular flexibility index (Phi) is 2.63. The zero-order valence-electron chi connectivity index (χ0n) is 8.27. The first-order chi connectivity index (χ1) is 7.33. The van der Waals surface area contributed by atoms with Crippen LogP contribution in [-0.4, -0.2) is 12.1 Å². The van der Waals surface area contributed by atoms with Gasteiger partial charge in [-0.2, -0.15) is 0 Å². The first-order valence-electron chi connectivity index (χ1n) is 4.56. The molecule has 15 heavy (non-hydrogen) atoms. The highest BCUT2D eigenvalue weighted by Crippen LogP contribution is 2.28. The Hall–Kier alpha value is -1.90. The van der Waals surface area contributed by atoms with Gasteiger partial charge in [-0.1, -0.05) is 12.1 Å². The summed E-state index contributed by atoms with van der Waals surface area (Å²) in [7, 11) is 1.45. The van der Waals surface area contributed by atoms with Crippen molar-refractivity contribution in [3.8, 4) is 16.9 Å². The quantitative estimate of drug-likeness (QED) is 0.748. The molecule has 3 heteroatoms. The Morgan fingerprint density at radius 2 is 1.87 bits per heavy atom. The van der Waals surface area contributed by atoms with Crippen LogP contribution in [0.1, 0.15) is 0 Å². The van der Waals surface area contributed by atoms with Crippen molar-refractivity contribution in [1.29, 1.82) is 0 Å². The molecule has 0 radical (unpaired) electrons. The van der Waals surface area contributed by atoms with Crippen LogP contribution in [0.5, 0.6) is 5.75 Å². The topological polar surface area (TPSA) is 22.1 Å². The van der Waals surface area contributed by atoms with Crippen molar-refractivity contribution in [2.24, 2.45) is 0 Å². The van der Waals surface area contributed by atoms with Crippen molar-refractivity contribution in [2.75, 3.05) is 7.11 Å². The van der Waals surface area contributed by atoms with Gasteiger partial charge in [-0.15, -0.1) is 0 Å². The highest BCUT2D eigenvalue weighted by Gasteiger charge is 2.09. The van der Waals surface area contributed by atoms with Gasteiger partial charge in [-0.25, -0.2) is 4.39 Å². The van der Waals surface area contributed by atoms with E-state index in [0.29, 0.717) is 5.56 Å². The maximum Gasteiger partial charge on any atom is 0.172 e. The molecule has 1 aromatic carbocycles. The van der Waals surface area contributed by atoms with Gasteiger partial charge in [0.1, 0.15) is 0 Å². The Balaban J connectivity index is 2.54. The van der Waals surface area contributed by atoms with Crippen LogP contribution in [0.2, 0.25) is 0 Å². The van der Waals surface area contributed by atoms with Crippen molar-refractivity contribution in [3.05, 3.63) is 48.5 Å². The van der Waals surface area contributed by atoms with E-state index in [1.165, 1.54) is 7.11 Å². The van der Waals surface area contributed by atoms with Gasteiger partial charge in [0.15, 0.2) is 11.6 Å². The first-order valence-corrected chi connectivity index (χ1v) is 4.56. The number of rotatable bonds is 2. The van der Waals surface area contributed by atoms with Gasteiger partial charge in [-0.3, -0.25) is 4.98 Å². The van der Waals surface area contributed by atoms with Crippen molar-refractivity contribution in [2.45, 2.75) is 0 Å². The number of benzene rings is 1. The lowest BCUT2D eigenvalue weighted by Crippen LogP contribution is -1.91. The minimum atomic E-state index is -0.341. The molecule has 0 atom stereocenters. The molecule has 0 aliphatic carbocycles. The second-order valence-electron chi connectivity index (χ2n) is 3.06. The van der Waals surface area contributed by atoms with Crippen LogP contribution < -0.4 is 4.74 Å². The van der Waals surface area contributed by atoms with Crippen molar-refractivity contribution >= 4 is 0 Å². The number of nitrogens with zero attached hydrogens (tertiary/aromatic N) is 1. The molecule has 2 rings (SSSR count). The van der Waals surface area contributed by atoms with Gasteiger partial charge in [0, 0.05) is 18.0 Å². The lowest BCUT2D eigenvalue weighted by molar-refractivity contribution is 0.387. The van der Waals surface area contributed by atoms with Crippen molar-refractivity contribution in [3.63, 3.8) is 0 Å². The van der Waals surface area contributed by atoms with E-state index >= 15 is 0 Å². The van der Waals surface area contributed by atoms with Gasteiger partial charge in [-0.05, 0) is 23.8 Å². The molecule has 0 spiro atoms. The van der Waals surface area contributed by atoms with Crippen LogP contribution in [-0.2, 0) is 0 Å². The van der Waals surface area contributed by atoms with E-state index in [1.807, 2.05) is 0 Å². The third kappa shape index (κ3) is 1.81. The monoisotopic (exact) mass is 203 g/mol. The standard InChI is InChI=1S/C12H10FNO/c1-15-11-4-2-3-10(12(11)13)9-5-7-14-8-6-9/h2-8H,1H3. The third-order valence-electron chi connectivity index (χ3n) is 2.17. The molecule has 0 bridgehead atoms. The van der Waals surface area contributed by atoms with E-state index in [-0.39, 0.29) is 11.6 Å². The van der Waals surface area contributed by atoms with Crippen LogP contribution in [0, 0.1) is 5.82 Å². The lowest BCUT2D eigenvalue weighted by atomic mass is 10.1. The molecule has 0 aliphatic rings. The molecule has 0 aliphatic heterocycles. The largest absolute Gasteiger partial charge is 0.494 e. The SMILES string of the molecule is COc1cccc(-c2ccncc2)c1F. The summed E-state index contributed by atoms with van der Waals surface area (Å²) in [5, 5.41) is 0. The number of halogens is 1. The summed E-state index contributed by atoms with van der Waals surface area (Å²) in [5.74, 6) is -0.0875. The number of hydrogen-bond acceptors (Lipinski definition) is 2. The summed E-state index contributed by atoms with van der Waals surface area (Å²) in [4.78, 5) is 3.89. The Morgan fingerprint density at radius 1 is 1.13 bits per heavy atom. The molecule has 0 saturated heterocycles. The third-order valence-corrected chi connectivity index (χ3v) is 2.17. The zero-order chi connectivity index (χ0) is 10.7. The van der Waals surface area contributed by atoms with Gasteiger partial charge < -0.3 is 4.74 Å². The molecule has 2 nitrogen and oxygen atoms in total. The summed E-state index contributed by atoms with van der Waals surface area (Å²) >= 11 is 0. The minimum absolute atomic E-state index is 0.254. The maximum absolute atomic E-state index is 13.8. The van der Waals surface area contributed by atoms with E-state index in [2.05, 4.69) is 4.98 Å². The van der Waals surface area contributed by atoms with Crippen LogP contribution in [0.4, 0.5) is 4.39 Å². The Labute approximate surface area is 87.4 Å². The second-order valence-corrected chi connectivity index (χ2v) is 3.06. The van der Waals surface area contributed by atoms with Crippen LogP contribution in [0.15, 0.2) is 42.7 Å². The number of methoxy groups -OCH3 is 1. The Morgan fingerprint density at radius 3 is 2.53 bits per heavy atom. The summed E-state index contributed by atoms with van der Waals surface area (Å²) in [6.45, 7) is 0.